The van der Waals surface area contributed by atoms with Crippen LogP contribution in [0.25, 0.3) is 21.0 Å². The van der Waals surface area contributed by atoms with Crippen LogP contribution in [0.5, 0.6) is 0 Å². The number of likely N-dealkylation sites (N-methyl/N-ethyl adjacent to an activating group) is 1. The molecule has 2 atom stereocenters. The highest BCUT2D eigenvalue weighted by atomic mass is 32.1. The Balaban J connectivity index is 1.50. The fraction of sp³-hybridized carbons (Fsp3) is 0.250. The molecule has 1 aliphatic carbocycles. The van der Waals surface area contributed by atoms with Gasteiger partial charge in [-0.15, -0.1) is 11.3 Å². The summed E-state index contributed by atoms with van der Waals surface area (Å²) in [6, 6.07) is 19.9. The minimum Gasteiger partial charge on any atom is -0.345 e. The molecule has 0 unspecified atom stereocenters. The van der Waals surface area contributed by atoms with Gasteiger partial charge in [0.1, 0.15) is 0 Å². The number of guanidine groups is 1. The maximum Gasteiger partial charge on any atom is 0.239 e. The second kappa shape index (κ2) is 7.61. The van der Waals surface area contributed by atoms with Crippen LogP contribution in [0.15, 0.2) is 54.7 Å². The first-order valence-corrected chi connectivity index (χ1v) is 12.5. The van der Waals surface area contributed by atoms with E-state index in [9.17, 15) is 15.3 Å². The molecule has 2 aliphatic rings. The number of fused-ring (bicyclic) bond motifs is 3. The normalized spacial score (nSPS) is 22.8. The summed E-state index contributed by atoms with van der Waals surface area (Å²) in [4.78, 5) is 20.5. The number of aromatic nitrogens is 1. The van der Waals surface area contributed by atoms with Crippen LogP contribution in [-0.4, -0.2) is 28.8 Å². The van der Waals surface area contributed by atoms with Crippen molar-refractivity contribution in [2.75, 3.05) is 7.05 Å². The zero-order valence-electron chi connectivity index (χ0n) is 19.8. The molecule has 1 saturated carbocycles. The molecular weight excluding hydrogens is 468 g/mol. The van der Waals surface area contributed by atoms with Crippen molar-refractivity contribution in [3.8, 4) is 12.1 Å². The Morgan fingerprint density at radius 3 is 2.56 bits per heavy atom. The molecule has 2 N–H and O–H groups in total. The SMILES string of the molecule is CN1C(=N)N[C@](C)(c2cc3c(cnc4ccc(C#N)cc43)s2)[C@@H](c2ccc(C3(C#N)CC3)cc2)C1=O. The lowest BCUT2D eigenvalue weighted by Crippen LogP contribution is -2.62. The van der Waals surface area contributed by atoms with E-state index < -0.39 is 16.9 Å². The molecule has 2 aromatic carbocycles. The lowest BCUT2D eigenvalue weighted by Gasteiger charge is -2.45. The van der Waals surface area contributed by atoms with Crippen molar-refractivity contribution in [3.63, 3.8) is 0 Å². The summed E-state index contributed by atoms with van der Waals surface area (Å²) >= 11 is 1.54. The van der Waals surface area contributed by atoms with E-state index in [1.165, 1.54) is 16.2 Å². The third-order valence-corrected chi connectivity index (χ3v) is 8.95. The lowest BCUT2D eigenvalue weighted by atomic mass is 9.76. The van der Waals surface area contributed by atoms with Crippen LogP contribution >= 0.6 is 11.3 Å². The molecule has 1 amide bonds. The van der Waals surface area contributed by atoms with Crippen LogP contribution in [0.1, 0.15) is 47.3 Å². The molecule has 4 aromatic rings. The highest BCUT2D eigenvalue weighted by Crippen LogP contribution is 2.49. The highest BCUT2D eigenvalue weighted by molar-refractivity contribution is 7.19. The number of rotatable bonds is 3. The van der Waals surface area contributed by atoms with Gasteiger partial charge in [0.05, 0.1) is 44.8 Å². The Bertz CT molecular complexity index is 1670. The average molecular weight is 491 g/mol. The van der Waals surface area contributed by atoms with Gasteiger partial charge < -0.3 is 5.32 Å². The third kappa shape index (κ3) is 3.12. The van der Waals surface area contributed by atoms with Crippen LogP contribution in [0.3, 0.4) is 0 Å². The number of thiophene rings is 1. The van der Waals surface area contributed by atoms with Gasteiger partial charge in [0.2, 0.25) is 5.91 Å². The number of benzene rings is 2. The molecule has 0 radical (unpaired) electrons. The van der Waals surface area contributed by atoms with Crippen LogP contribution in [0, 0.1) is 28.1 Å². The van der Waals surface area contributed by atoms with Crippen molar-refractivity contribution in [2.24, 2.45) is 0 Å². The standard InChI is InChI=1S/C28H22N6OS/c1-27(23-12-20-19-11-16(13-29)3-8-21(19)32-14-22(20)36-23)24(25(35)34(2)26(31)33-27)17-4-6-18(7-5-17)28(15-30)9-10-28/h3-8,11-12,14,24H,9-10H2,1-2H3,(H2,31,33)/t24-,27+/m0/s1. The smallest absolute Gasteiger partial charge is 0.239 e. The molecule has 7 nitrogen and oxygen atoms in total. The Morgan fingerprint density at radius 2 is 1.89 bits per heavy atom. The number of nitrogens with zero attached hydrogens (tertiary/aromatic N) is 4. The van der Waals surface area contributed by atoms with Crippen molar-refractivity contribution >= 4 is 44.2 Å². The molecule has 176 valence electrons. The Labute approximate surface area is 212 Å². The van der Waals surface area contributed by atoms with E-state index in [2.05, 4.69) is 28.5 Å². The molecule has 6 rings (SSSR count). The first kappa shape index (κ1) is 22.2. The molecule has 1 saturated heterocycles. The Hall–Kier alpha value is -4.27. The Kier molecular flexibility index (Phi) is 4.70. The molecule has 0 spiro atoms. The van der Waals surface area contributed by atoms with E-state index in [0.717, 1.165) is 49.8 Å². The number of hydrogen-bond donors (Lipinski definition) is 2. The molecule has 8 heteroatoms. The summed E-state index contributed by atoms with van der Waals surface area (Å²) in [6.07, 6.45) is 3.55. The minimum atomic E-state index is -0.877. The van der Waals surface area contributed by atoms with Crippen LogP contribution in [0.4, 0.5) is 0 Å². The number of pyridine rings is 1. The number of carbonyl (C=O) groups is 1. The number of carbonyl (C=O) groups excluding carboxylic acids is 1. The fourth-order valence-corrected chi connectivity index (χ4v) is 6.43. The van der Waals surface area contributed by atoms with Gasteiger partial charge >= 0.3 is 0 Å². The van der Waals surface area contributed by atoms with Crippen LogP contribution in [-0.2, 0) is 15.7 Å². The van der Waals surface area contributed by atoms with Gasteiger partial charge in [-0.05, 0) is 55.2 Å². The van der Waals surface area contributed by atoms with Gasteiger partial charge in [0.15, 0.2) is 5.96 Å². The molecule has 36 heavy (non-hydrogen) atoms. The summed E-state index contributed by atoms with van der Waals surface area (Å²) in [7, 11) is 1.61. The van der Waals surface area contributed by atoms with Crippen molar-refractivity contribution in [1.29, 1.82) is 15.9 Å². The van der Waals surface area contributed by atoms with Crippen molar-refractivity contribution in [2.45, 2.75) is 36.6 Å². The van der Waals surface area contributed by atoms with E-state index >= 15 is 0 Å². The van der Waals surface area contributed by atoms with E-state index in [4.69, 9.17) is 5.41 Å². The molecule has 3 heterocycles. The van der Waals surface area contributed by atoms with Gasteiger partial charge in [0.25, 0.3) is 0 Å². The van der Waals surface area contributed by atoms with Crippen LogP contribution < -0.4 is 5.32 Å². The molecule has 2 fully saturated rings. The number of nitriles is 2. The van der Waals surface area contributed by atoms with Crippen molar-refractivity contribution in [3.05, 3.63) is 76.3 Å². The summed E-state index contributed by atoms with van der Waals surface area (Å²) in [6.45, 7) is 1.96. The van der Waals surface area contributed by atoms with Gasteiger partial charge in [-0.2, -0.15) is 10.5 Å². The van der Waals surface area contributed by atoms with Gasteiger partial charge in [-0.25, -0.2) is 0 Å². The number of nitrogens with one attached hydrogen (secondary N) is 2. The molecular formula is C28H22N6OS. The quantitative estimate of drug-likeness (QED) is 0.425. The monoisotopic (exact) mass is 490 g/mol. The molecule has 2 aromatic heterocycles. The maximum atomic E-state index is 13.6. The van der Waals surface area contributed by atoms with Gasteiger partial charge in [-0.1, -0.05) is 24.3 Å². The largest absolute Gasteiger partial charge is 0.345 e. The first-order valence-electron chi connectivity index (χ1n) is 11.7. The highest BCUT2D eigenvalue weighted by Gasteiger charge is 2.50. The molecule has 0 bridgehead atoms. The first-order chi connectivity index (χ1) is 17.3. The van der Waals surface area contributed by atoms with E-state index in [1.54, 1.807) is 13.1 Å². The predicted octanol–water partition coefficient (Wildman–Crippen LogP) is 4.87. The van der Waals surface area contributed by atoms with Crippen molar-refractivity contribution < 1.29 is 4.79 Å². The average Bonchev–Trinajstić information content (AvgIpc) is 3.56. The second-order valence-corrected chi connectivity index (χ2v) is 10.9. The number of hydrogen-bond acceptors (Lipinski definition) is 6. The van der Waals surface area contributed by atoms with Gasteiger partial charge in [-0.3, -0.25) is 20.1 Å². The van der Waals surface area contributed by atoms with E-state index in [-0.39, 0.29) is 11.9 Å². The number of amides is 1. The summed E-state index contributed by atoms with van der Waals surface area (Å²) < 4.78 is 0.951. The summed E-state index contributed by atoms with van der Waals surface area (Å²) in [5, 5.41) is 32.6. The van der Waals surface area contributed by atoms with E-state index in [1.807, 2.05) is 49.5 Å². The van der Waals surface area contributed by atoms with Crippen LogP contribution in [0.2, 0.25) is 0 Å². The summed E-state index contributed by atoms with van der Waals surface area (Å²) in [5.74, 6) is -0.698. The topological polar surface area (TPSA) is 117 Å². The Morgan fingerprint density at radius 1 is 1.14 bits per heavy atom. The maximum absolute atomic E-state index is 13.6. The summed E-state index contributed by atoms with van der Waals surface area (Å²) in [5.41, 5.74) is 1.91. The lowest BCUT2D eigenvalue weighted by molar-refractivity contribution is -0.131. The predicted molar refractivity (Wildman–Crippen MR) is 139 cm³/mol. The van der Waals surface area contributed by atoms with E-state index in [0.29, 0.717) is 5.56 Å². The third-order valence-electron chi connectivity index (χ3n) is 7.64. The zero-order valence-corrected chi connectivity index (χ0v) is 20.6. The minimum absolute atomic E-state index is 0.0454. The fourth-order valence-electron chi connectivity index (χ4n) is 5.25. The zero-order chi connectivity index (χ0) is 25.2. The second-order valence-electron chi connectivity index (χ2n) is 9.81. The molecule has 1 aliphatic heterocycles. The van der Waals surface area contributed by atoms with Gasteiger partial charge in [0, 0.05) is 28.9 Å². The van der Waals surface area contributed by atoms with Crippen molar-refractivity contribution in [1.82, 2.24) is 15.2 Å².